The molecule has 0 radical (unpaired) electrons. The molecule has 104 valence electrons. The SMILES string of the molecule is Nc1c(Cl)cccc1C(=O)NCC1CCCCC1O. The maximum atomic E-state index is 12.0. The Labute approximate surface area is 117 Å². The summed E-state index contributed by atoms with van der Waals surface area (Å²) in [5.41, 5.74) is 6.46. The summed E-state index contributed by atoms with van der Waals surface area (Å²) < 4.78 is 0. The van der Waals surface area contributed by atoms with Crippen LogP contribution in [0.1, 0.15) is 36.0 Å². The van der Waals surface area contributed by atoms with Gasteiger partial charge in [-0.3, -0.25) is 4.79 Å². The number of anilines is 1. The van der Waals surface area contributed by atoms with Gasteiger partial charge in [-0.15, -0.1) is 0 Å². The second-order valence-corrected chi connectivity index (χ2v) is 5.43. The van der Waals surface area contributed by atoms with E-state index in [-0.39, 0.29) is 17.9 Å². The van der Waals surface area contributed by atoms with Crippen molar-refractivity contribution in [3.05, 3.63) is 28.8 Å². The van der Waals surface area contributed by atoms with Gasteiger partial charge in [0.2, 0.25) is 0 Å². The van der Waals surface area contributed by atoms with Crippen molar-refractivity contribution in [1.82, 2.24) is 5.32 Å². The number of benzene rings is 1. The maximum absolute atomic E-state index is 12.0. The highest BCUT2D eigenvalue weighted by Crippen LogP contribution is 2.25. The molecular formula is C14H19ClN2O2. The van der Waals surface area contributed by atoms with Crippen molar-refractivity contribution in [1.29, 1.82) is 0 Å². The molecule has 1 aromatic rings. The fraction of sp³-hybridized carbons (Fsp3) is 0.500. The number of amides is 1. The summed E-state index contributed by atoms with van der Waals surface area (Å²) in [5.74, 6) is -0.101. The van der Waals surface area contributed by atoms with Crippen molar-refractivity contribution >= 4 is 23.2 Å². The summed E-state index contributed by atoms with van der Waals surface area (Å²) in [6, 6.07) is 5.00. The molecule has 5 heteroatoms. The lowest BCUT2D eigenvalue weighted by molar-refractivity contribution is 0.0663. The van der Waals surface area contributed by atoms with Crippen LogP contribution in [0, 0.1) is 5.92 Å². The highest BCUT2D eigenvalue weighted by Gasteiger charge is 2.23. The molecular weight excluding hydrogens is 264 g/mol. The second kappa shape index (κ2) is 6.26. The molecule has 4 nitrogen and oxygen atoms in total. The van der Waals surface area contributed by atoms with Gasteiger partial charge in [-0.05, 0) is 25.0 Å². The van der Waals surface area contributed by atoms with E-state index < -0.39 is 0 Å². The zero-order valence-corrected chi connectivity index (χ0v) is 11.5. The lowest BCUT2D eigenvalue weighted by Crippen LogP contribution is -2.36. The highest BCUT2D eigenvalue weighted by molar-refractivity contribution is 6.33. The van der Waals surface area contributed by atoms with Crippen molar-refractivity contribution in [3.63, 3.8) is 0 Å². The van der Waals surface area contributed by atoms with Gasteiger partial charge in [-0.2, -0.15) is 0 Å². The number of nitrogens with one attached hydrogen (secondary N) is 1. The first kappa shape index (κ1) is 14.2. The number of hydrogen-bond acceptors (Lipinski definition) is 3. The van der Waals surface area contributed by atoms with E-state index in [1.807, 2.05) is 0 Å². The molecule has 1 aliphatic rings. The predicted octanol–water partition coefficient (Wildman–Crippen LogP) is 2.20. The Morgan fingerprint density at radius 3 is 2.89 bits per heavy atom. The van der Waals surface area contributed by atoms with Crippen molar-refractivity contribution in [3.8, 4) is 0 Å². The van der Waals surface area contributed by atoms with Crippen LogP contribution in [-0.2, 0) is 0 Å². The van der Waals surface area contributed by atoms with Gasteiger partial charge in [0, 0.05) is 12.5 Å². The fourth-order valence-electron chi connectivity index (χ4n) is 2.48. The van der Waals surface area contributed by atoms with E-state index >= 15 is 0 Å². The molecule has 19 heavy (non-hydrogen) atoms. The third-order valence-electron chi connectivity index (χ3n) is 3.69. The highest BCUT2D eigenvalue weighted by atomic mass is 35.5. The molecule has 0 spiro atoms. The van der Waals surface area contributed by atoms with Gasteiger partial charge in [0.05, 0.1) is 22.4 Å². The number of nitrogens with two attached hydrogens (primary N) is 1. The van der Waals surface area contributed by atoms with Crippen LogP contribution in [0.2, 0.25) is 5.02 Å². The molecule has 0 heterocycles. The van der Waals surface area contributed by atoms with Gasteiger partial charge in [-0.1, -0.05) is 30.5 Å². The van der Waals surface area contributed by atoms with Crippen molar-refractivity contribution in [2.24, 2.45) is 5.92 Å². The Bertz CT molecular complexity index is 465. The molecule has 1 aromatic carbocycles. The molecule has 2 atom stereocenters. The molecule has 1 aliphatic carbocycles. The number of para-hydroxylation sites is 1. The molecule has 0 aliphatic heterocycles. The lowest BCUT2D eigenvalue weighted by atomic mass is 9.86. The average Bonchev–Trinajstić information content (AvgIpc) is 2.40. The minimum Gasteiger partial charge on any atom is -0.397 e. The molecule has 1 amide bonds. The summed E-state index contributed by atoms with van der Waals surface area (Å²) in [6.07, 6.45) is 3.63. The third-order valence-corrected chi connectivity index (χ3v) is 4.02. The van der Waals surface area contributed by atoms with E-state index in [4.69, 9.17) is 17.3 Å². The Hall–Kier alpha value is -1.26. The van der Waals surface area contributed by atoms with Crippen LogP contribution in [0.25, 0.3) is 0 Å². The summed E-state index contributed by atoms with van der Waals surface area (Å²) in [6.45, 7) is 0.478. The number of aliphatic hydroxyl groups excluding tert-OH is 1. The first-order valence-electron chi connectivity index (χ1n) is 6.60. The molecule has 2 rings (SSSR count). The second-order valence-electron chi connectivity index (χ2n) is 5.02. The molecule has 1 saturated carbocycles. The van der Waals surface area contributed by atoms with Gasteiger partial charge in [-0.25, -0.2) is 0 Å². The van der Waals surface area contributed by atoms with Crippen molar-refractivity contribution in [2.45, 2.75) is 31.8 Å². The number of hydrogen-bond donors (Lipinski definition) is 3. The van der Waals surface area contributed by atoms with E-state index in [1.54, 1.807) is 18.2 Å². The first-order chi connectivity index (χ1) is 9.09. The Morgan fingerprint density at radius 1 is 1.42 bits per heavy atom. The summed E-state index contributed by atoms with van der Waals surface area (Å²) >= 11 is 5.88. The van der Waals surface area contributed by atoms with Crippen molar-refractivity contribution < 1.29 is 9.90 Å². The molecule has 4 N–H and O–H groups in total. The van der Waals surface area contributed by atoms with Crippen LogP contribution >= 0.6 is 11.6 Å². The van der Waals surface area contributed by atoms with Gasteiger partial charge < -0.3 is 16.2 Å². The monoisotopic (exact) mass is 282 g/mol. The van der Waals surface area contributed by atoms with E-state index in [1.165, 1.54) is 0 Å². The van der Waals surface area contributed by atoms with E-state index in [0.717, 1.165) is 25.7 Å². The zero-order chi connectivity index (χ0) is 13.8. The quantitative estimate of drug-likeness (QED) is 0.744. The van der Waals surface area contributed by atoms with Crippen LogP contribution in [0.3, 0.4) is 0 Å². The summed E-state index contributed by atoms with van der Waals surface area (Å²) in [5, 5.41) is 13.1. The normalized spacial score (nSPS) is 23.1. The van der Waals surface area contributed by atoms with Crippen LogP contribution in [0.4, 0.5) is 5.69 Å². The van der Waals surface area contributed by atoms with Gasteiger partial charge in [0.25, 0.3) is 5.91 Å². The number of carbonyl (C=O) groups is 1. The summed E-state index contributed by atoms with van der Waals surface area (Å²) in [7, 11) is 0. The number of halogens is 1. The molecule has 0 aromatic heterocycles. The minimum atomic E-state index is -0.314. The van der Waals surface area contributed by atoms with E-state index in [0.29, 0.717) is 22.8 Å². The smallest absolute Gasteiger partial charge is 0.253 e. The Morgan fingerprint density at radius 2 is 2.16 bits per heavy atom. The van der Waals surface area contributed by atoms with Crippen LogP contribution < -0.4 is 11.1 Å². The molecule has 2 unspecified atom stereocenters. The van der Waals surface area contributed by atoms with Gasteiger partial charge in [0.1, 0.15) is 0 Å². The number of carbonyl (C=O) groups excluding carboxylic acids is 1. The third kappa shape index (κ3) is 3.39. The minimum absolute atomic E-state index is 0.137. The molecule has 1 fully saturated rings. The zero-order valence-electron chi connectivity index (χ0n) is 10.7. The molecule has 0 saturated heterocycles. The van der Waals surface area contributed by atoms with Crippen LogP contribution in [0.15, 0.2) is 18.2 Å². The number of rotatable bonds is 3. The predicted molar refractivity (Wildman–Crippen MR) is 76.2 cm³/mol. The van der Waals surface area contributed by atoms with E-state index in [2.05, 4.69) is 5.32 Å². The lowest BCUT2D eigenvalue weighted by Gasteiger charge is -2.27. The number of nitrogen functional groups attached to an aromatic ring is 1. The largest absolute Gasteiger partial charge is 0.397 e. The Kier molecular flexibility index (Phi) is 4.66. The number of aliphatic hydroxyl groups is 1. The van der Waals surface area contributed by atoms with Gasteiger partial charge >= 0.3 is 0 Å². The average molecular weight is 283 g/mol. The van der Waals surface area contributed by atoms with Gasteiger partial charge in [0.15, 0.2) is 0 Å². The van der Waals surface area contributed by atoms with Crippen LogP contribution in [0.5, 0.6) is 0 Å². The molecule has 0 bridgehead atoms. The van der Waals surface area contributed by atoms with E-state index in [9.17, 15) is 9.90 Å². The van der Waals surface area contributed by atoms with Crippen LogP contribution in [-0.4, -0.2) is 23.7 Å². The topological polar surface area (TPSA) is 75.4 Å². The standard InChI is InChI=1S/C14H19ClN2O2/c15-11-6-3-5-10(13(11)16)14(19)17-8-9-4-1-2-7-12(9)18/h3,5-6,9,12,18H,1-2,4,7-8,16H2,(H,17,19). The fourth-order valence-corrected chi connectivity index (χ4v) is 2.65. The van der Waals surface area contributed by atoms with Crippen molar-refractivity contribution in [2.75, 3.05) is 12.3 Å². The Balaban J connectivity index is 1.95. The first-order valence-corrected chi connectivity index (χ1v) is 6.97. The maximum Gasteiger partial charge on any atom is 0.253 e. The summed E-state index contributed by atoms with van der Waals surface area (Å²) in [4.78, 5) is 12.0.